The summed E-state index contributed by atoms with van der Waals surface area (Å²) in [5.41, 5.74) is 2.59. The number of rotatable bonds is 6. The normalized spacial score (nSPS) is 15.2. The summed E-state index contributed by atoms with van der Waals surface area (Å²) in [5.74, 6) is -0.455. The van der Waals surface area contributed by atoms with Crippen molar-refractivity contribution in [3.63, 3.8) is 0 Å². The number of nitrogens with zero attached hydrogens (tertiary/aromatic N) is 2. The SMILES string of the molecule is COCCN(CCO)C(=O)C1=NNC(=O)CC1. The first kappa shape index (κ1) is 13.6. The van der Waals surface area contributed by atoms with Crippen molar-refractivity contribution >= 4 is 17.5 Å². The van der Waals surface area contributed by atoms with Gasteiger partial charge in [0.1, 0.15) is 5.71 Å². The minimum atomic E-state index is -0.267. The van der Waals surface area contributed by atoms with Gasteiger partial charge in [-0.1, -0.05) is 0 Å². The van der Waals surface area contributed by atoms with Gasteiger partial charge in [-0.15, -0.1) is 0 Å². The van der Waals surface area contributed by atoms with Gasteiger partial charge in [-0.2, -0.15) is 5.10 Å². The topological polar surface area (TPSA) is 91.2 Å². The van der Waals surface area contributed by atoms with E-state index in [4.69, 9.17) is 9.84 Å². The highest BCUT2D eigenvalue weighted by atomic mass is 16.5. The zero-order chi connectivity index (χ0) is 12.7. The van der Waals surface area contributed by atoms with E-state index in [0.29, 0.717) is 25.3 Å². The summed E-state index contributed by atoms with van der Waals surface area (Å²) < 4.78 is 4.89. The quantitative estimate of drug-likeness (QED) is 0.608. The third kappa shape index (κ3) is 4.12. The van der Waals surface area contributed by atoms with Gasteiger partial charge in [-0.25, -0.2) is 5.43 Å². The molecule has 0 saturated carbocycles. The molecule has 7 nitrogen and oxygen atoms in total. The molecule has 1 heterocycles. The largest absolute Gasteiger partial charge is 0.395 e. The van der Waals surface area contributed by atoms with Crippen LogP contribution in [0.5, 0.6) is 0 Å². The van der Waals surface area contributed by atoms with Crippen molar-refractivity contribution in [2.45, 2.75) is 12.8 Å². The Bertz CT molecular complexity index is 317. The van der Waals surface area contributed by atoms with Crippen molar-refractivity contribution in [2.75, 3.05) is 33.4 Å². The van der Waals surface area contributed by atoms with Gasteiger partial charge in [0.05, 0.1) is 13.2 Å². The average Bonchev–Trinajstić information content (AvgIpc) is 2.34. The second kappa shape index (κ2) is 6.97. The number of aliphatic hydroxyl groups is 1. The molecule has 0 aliphatic carbocycles. The smallest absolute Gasteiger partial charge is 0.270 e. The molecule has 0 spiro atoms. The maximum absolute atomic E-state index is 12.0. The molecule has 96 valence electrons. The fourth-order valence-electron chi connectivity index (χ4n) is 1.45. The third-order valence-corrected chi connectivity index (χ3v) is 2.37. The molecule has 2 N–H and O–H groups in total. The molecule has 0 bridgehead atoms. The molecule has 0 fully saturated rings. The number of amides is 2. The van der Waals surface area contributed by atoms with Gasteiger partial charge >= 0.3 is 0 Å². The van der Waals surface area contributed by atoms with Crippen LogP contribution >= 0.6 is 0 Å². The molecular weight excluding hydrogens is 226 g/mol. The summed E-state index contributed by atoms with van der Waals surface area (Å²) in [6.07, 6.45) is 0.599. The summed E-state index contributed by atoms with van der Waals surface area (Å²) in [7, 11) is 1.54. The molecule has 0 aromatic carbocycles. The van der Waals surface area contributed by atoms with Crippen LogP contribution in [0.15, 0.2) is 5.10 Å². The summed E-state index contributed by atoms with van der Waals surface area (Å²) >= 11 is 0. The van der Waals surface area contributed by atoms with E-state index < -0.39 is 0 Å². The third-order valence-electron chi connectivity index (χ3n) is 2.37. The summed E-state index contributed by atoms with van der Waals surface area (Å²) in [6.45, 7) is 0.901. The molecule has 0 aromatic rings. The first-order valence-corrected chi connectivity index (χ1v) is 5.43. The van der Waals surface area contributed by atoms with E-state index in [2.05, 4.69) is 10.5 Å². The van der Waals surface area contributed by atoms with Crippen LogP contribution in [0.1, 0.15) is 12.8 Å². The van der Waals surface area contributed by atoms with E-state index in [1.54, 1.807) is 7.11 Å². The molecule has 1 aliphatic heterocycles. The van der Waals surface area contributed by atoms with E-state index in [9.17, 15) is 9.59 Å². The zero-order valence-electron chi connectivity index (χ0n) is 9.81. The molecule has 1 rings (SSSR count). The van der Waals surface area contributed by atoms with E-state index in [0.717, 1.165) is 0 Å². The number of aliphatic hydroxyl groups excluding tert-OH is 1. The van der Waals surface area contributed by atoms with Crippen molar-refractivity contribution in [3.05, 3.63) is 0 Å². The highest BCUT2D eigenvalue weighted by molar-refractivity contribution is 6.39. The lowest BCUT2D eigenvalue weighted by molar-refractivity contribution is -0.125. The van der Waals surface area contributed by atoms with Crippen LogP contribution in [-0.4, -0.2) is 60.9 Å². The molecule has 0 radical (unpaired) electrons. The van der Waals surface area contributed by atoms with Crippen LogP contribution in [0.2, 0.25) is 0 Å². The number of ether oxygens (including phenoxy) is 1. The molecule has 1 aliphatic rings. The Morgan fingerprint density at radius 2 is 2.29 bits per heavy atom. The summed E-state index contributed by atoms with van der Waals surface area (Å²) in [4.78, 5) is 24.3. The molecule has 2 amide bonds. The van der Waals surface area contributed by atoms with Gasteiger partial charge in [0.15, 0.2) is 0 Å². The van der Waals surface area contributed by atoms with Gasteiger partial charge in [0.2, 0.25) is 5.91 Å². The van der Waals surface area contributed by atoms with Gasteiger partial charge in [-0.3, -0.25) is 9.59 Å². The fourth-order valence-corrected chi connectivity index (χ4v) is 1.45. The van der Waals surface area contributed by atoms with Gasteiger partial charge < -0.3 is 14.7 Å². The second-order valence-corrected chi connectivity index (χ2v) is 3.60. The average molecular weight is 243 g/mol. The second-order valence-electron chi connectivity index (χ2n) is 3.60. The Morgan fingerprint density at radius 3 is 2.82 bits per heavy atom. The van der Waals surface area contributed by atoms with Gasteiger partial charge in [-0.05, 0) is 0 Å². The summed E-state index contributed by atoms with van der Waals surface area (Å²) in [5, 5.41) is 12.6. The lowest BCUT2D eigenvalue weighted by Crippen LogP contribution is -2.43. The number of nitrogens with one attached hydrogen (secondary N) is 1. The highest BCUT2D eigenvalue weighted by Gasteiger charge is 2.22. The predicted molar refractivity (Wildman–Crippen MR) is 60.4 cm³/mol. The lowest BCUT2D eigenvalue weighted by atomic mass is 10.1. The Hall–Kier alpha value is -1.47. The number of methoxy groups -OCH3 is 1. The fraction of sp³-hybridized carbons (Fsp3) is 0.700. The van der Waals surface area contributed by atoms with Crippen LogP contribution in [-0.2, 0) is 14.3 Å². The predicted octanol–water partition coefficient (Wildman–Crippen LogP) is -1.28. The minimum absolute atomic E-state index is 0.116. The Morgan fingerprint density at radius 1 is 1.53 bits per heavy atom. The van der Waals surface area contributed by atoms with E-state index in [1.165, 1.54) is 4.90 Å². The standard InChI is InChI=1S/C10H17N3O4/c1-17-7-5-13(4-6-14)10(16)8-2-3-9(15)12-11-8/h14H,2-7H2,1H3,(H,12,15). The monoisotopic (exact) mass is 243 g/mol. The number of hydrogen-bond acceptors (Lipinski definition) is 5. The number of carbonyl (C=O) groups excluding carboxylic acids is 2. The van der Waals surface area contributed by atoms with Crippen molar-refractivity contribution in [1.29, 1.82) is 0 Å². The van der Waals surface area contributed by atoms with Crippen LogP contribution in [0, 0.1) is 0 Å². The number of carbonyl (C=O) groups is 2. The first-order valence-electron chi connectivity index (χ1n) is 5.43. The van der Waals surface area contributed by atoms with Crippen LogP contribution < -0.4 is 5.43 Å². The molecule has 0 atom stereocenters. The van der Waals surface area contributed by atoms with Gasteiger partial charge in [0.25, 0.3) is 5.91 Å². The van der Waals surface area contributed by atoms with Crippen molar-refractivity contribution in [2.24, 2.45) is 5.10 Å². The van der Waals surface area contributed by atoms with E-state index >= 15 is 0 Å². The molecule has 0 unspecified atom stereocenters. The van der Waals surface area contributed by atoms with Crippen LogP contribution in [0.4, 0.5) is 0 Å². The first-order chi connectivity index (χ1) is 8.19. The maximum Gasteiger partial charge on any atom is 0.270 e. The summed E-state index contributed by atoms with van der Waals surface area (Å²) in [6, 6.07) is 0. The number of hydrogen-bond donors (Lipinski definition) is 2. The zero-order valence-corrected chi connectivity index (χ0v) is 9.81. The van der Waals surface area contributed by atoms with Crippen molar-refractivity contribution in [3.8, 4) is 0 Å². The highest BCUT2D eigenvalue weighted by Crippen LogP contribution is 2.03. The maximum atomic E-state index is 12.0. The van der Waals surface area contributed by atoms with Crippen LogP contribution in [0.25, 0.3) is 0 Å². The Labute approximate surface area is 99.4 Å². The molecular formula is C10H17N3O4. The molecule has 7 heteroatoms. The minimum Gasteiger partial charge on any atom is -0.395 e. The lowest BCUT2D eigenvalue weighted by Gasteiger charge is -2.23. The Balaban J connectivity index is 2.60. The van der Waals surface area contributed by atoms with Crippen molar-refractivity contribution in [1.82, 2.24) is 10.3 Å². The molecule has 0 saturated heterocycles. The number of hydrazone groups is 1. The van der Waals surface area contributed by atoms with E-state index in [1.807, 2.05) is 0 Å². The van der Waals surface area contributed by atoms with Gasteiger partial charge in [0, 0.05) is 33.0 Å². The Kier molecular flexibility index (Phi) is 5.58. The van der Waals surface area contributed by atoms with Crippen molar-refractivity contribution < 1.29 is 19.4 Å². The van der Waals surface area contributed by atoms with Crippen LogP contribution in [0.3, 0.4) is 0 Å². The molecule has 17 heavy (non-hydrogen) atoms. The molecule has 0 aromatic heterocycles. The van der Waals surface area contributed by atoms with E-state index in [-0.39, 0.29) is 31.4 Å².